The van der Waals surface area contributed by atoms with Gasteiger partial charge in [0.1, 0.15) is 5.60 Å². The van der Waals surface area contributed by atoms with Crippen LogP contribution in [-0.4, -0.2) is 33.1 Å². The van der Waals surface area contributed by atoms with Gasteiger partial charge in [-0.15, -0.1) is 11.6 Å². The summed E-state index contributed by atoms with van der Waals surface area (Å²) < 4.78 is 5.49. The summed E-state index contributed by atoms with van der Waals surface area (Å²) in [4.78, 5) is 1.56. The van der Waals surface area contributed by atoms with Crippen LogP contribution in [0.2, 0.25) is 0 Å². The van der Waals surface area contributed by atoms with Crippen LogP contribution in [0.5, 0.6) is 0 Å². The molecule has 0 aromatic carbocycles. The lowest BCUT2D eigenvalue weighted by molar-refractivity contribution is -0.0443. The van der Waals surface area contributed by atoms with Crippen LogP contribution in [0.15, 0.2) is 10.0 Å². The molecule has 0 bridgehead atoms. The van der Waals surface area contributed by atoms with E-state index in [0.717, 1.165) is 0 Å². The first-order valence-electron chi connectivity index (χ1n) is 4.85. The van der Waals surface area contributed by atoms with Crippen molar-refractivity contribution in [2.75, 3.05) is 5.88 Å². The number of aliphatic hydroxyl groups excluding tert-OH is 1. The van der Waals surface area contributed by atoms with Crippen LogP contribution in [-0.2, 0) is 4.74 Å². The average Bonchev–Trinajstić information content (AvgIpc) is 2.56. The third kappa shape index (κ3) is 2.78. The predicted octanol–water partition coefficient (Wildman–Crippen LogP) is 3.76. The summed E-state index contributed by atoms with van der Waals surface area (Å²) in [5, 5.41) is 10.5. The zero-order valence-electron chi connectivity index (χ0n) is 9.01. The quantitative estimate of drug-likeness (QED) is 0.736. The molecular formula is C10H14Br2Cl2O2. The third-order valence-electron chi connectivity index (χ3n) is 2.96. The lowest BCUT2D eigenvalue weighted by Crippen LogP contribution is -2.39. The smallest absolute Gasteiger partial charge is 0.128 e. The van der Waals surface area contributed by atoms with E-state index in [9.17, 15) is 5.11 Å². The highest BCUT2D eigenvalue weighted by Crippen LogP contribution is 2.44. The van der Waals surface area contributed by atoms with Crippen LogP contribution >= 0.6 is 55.1 Å². The van der Waals surface area contributed by atoms with Crippen molar-refractivity contribution in [3.63, 3.8) is 0 Å². The second kappa shape index (κ2) is 5.45. The summed E-state index contributed by atoms with van der Waals surface area (Å²) in [5.74, 6) is 0.399. The summed E-state index contributed by atoms with van der Waals surface area (Å²) in [6, 6.07) is 0. The van der Waals surface area contributed by atoms with E-state index in [0.29, 0.717) is 17.3 Å². The molecular weight excluding hydrogens is 383 g/mol. The van der Waals surface area contributed by atoms with E-state index in [-0.39, 0.29) is 10.4 Å². The first-order valence-corrected chi connectivity index (χ1v) is 7.47. The Bertz CT molecular complexity index is 297. The number of alkyl halides is 2. The molecule has 4 atom stereocenters. The molecule has 6 heteroatoms. The van der Waals surface area contributed by atoms with Crippen molar-refractivity contribution in [2.45, 2.75) is 42.4 Å². The summed E-state index contributed by atoms with van der Waals surface area (Å²) in [6.07, 6.45) is -0.313. The van der Waals surface area contributed by atoms with Gasteiger partial charge in [0, 0.05) is 12.3 Å². The SMILES string of the molecule is CC(Br)(CCl)[C@H]1C[C@H](O)[C@](C)(C(Cl)=CBr)O1. The molecule has 1 unspecified atom stereocenters. The Kier molecular flexibility index (Phi) is 5.20. The highest BCUT2D eigenvalue weighted by molar-refractivity contribution is 9.11. The molecule has 1 aliphatic rings. The molecule has 0 amide bonds. The Morgan fingerprint density at radius 2 is 2.31 bits per heavy atom. The van der Waals surface area contributed by atoms with Crippen LogP contribution in [0.25, 0.3) is 0 Å². The van der Waals surface area contributed by atoms with E-state index in [2.05, 4.69) is 31.9 Å². The van der Waals surface area contributed by atoms with Crippen molar-refractivity contribution in [1.82, 2.24) is 0 Å². The lowest BCUT2D eigenvalue weighted by atomic mass is 9.96. The standard InChI is InChI=1S/C10H14Br2Cl2O2/c1-9(12,5-13)8-3-7(15)10(2,16-8)6(14)4-11/h4,7-8,15H,3,5H2,1-2H3/t7-,8+,9?,10-/m0/s1. The molecule has 2 nitrogen and oxygen atoms in total. The Hall–Kier alpha value is 1.20. The minimum Gasteiger partial charge on any atom is -0.390 e. The molecule has 1 heterocycles. The molecule has 1 aliphatic heterocycles. The van der Waals surface area contributed by atoms with E-state index in [1.165, 1.54) is 0 Å². The number of hydrogen-bond acceptors (Lipinski definition) is 2. The van der Waals surface area contributed by atoms with Gasteiger partial charge in [0.2, 0.25) is 0 Å². The fourth-order valence-corrected chi connectivity index (χ4v) is 2.71. The van der Waals surface area contributed by atoms with Crippen LogP contribution in [0.4, 0.5) is 0 Å². The van der Waals surface area contributed by atoms with Gasteiger partial charge in [0.15, 0.2) is 0 Å². The summed E-state index contributed by atoms with van der Waals surface area (Å²) in [5.41, 5.74) is -0.864. The van der Waals surface area contributed by atoms with Crippen molar-refractivity contribution in [3.05, 3.63) is 10.0 Å². The molecule has 0 aliphatic carbocycles. The van der Waals surface area contributed by atoms with E-state index < -0.39 is 11.7 Å². The second-order valence-electron chi connectivity index (χ2n) is 4.33. The minimum absolute atomic E-state index is 0.175. The highest BCUT2D eigenvalue weighted by Gasteiger charge is 2.51. The molecule has 1 N–H and O–H groups in total. The largest absolute Gasteiger partial charge is 0.390 e. The minimum atomic E-state index is -0.864. The van der Waals surface area contributed by atoms with Crippen LogP contribution in [0.1, 0.15) is 20.3 Å². The van der Waals surface area contributed by atoms with Gasteiger partial charge in [0.25, 0.3) is 0 Å². The molecule has 1 fully saturated rings. The zero-order valence-corrected chi connectivity index (χ0v) is 13.7. The van der Waals surface area contributed by atoms with Gasteiger partial charge in [0.05, 0.1) is 21.6 Å². The van der Waals surface area contributed by atoms with E-state index >= 15 is 0 Å². The van der Waals surface area contributed by atoms with E-state index in [4.69, 9.17) is 27.9 Å². The summed E-state index contributed by atoms with van der Waals surface area (Å²) in [6.45, 7) is 3.71. The maximum atomic E-state index is 10.0. The van der Waals surface area contributed by atoms with Crippen molar-refractivity contribution in [3.8, 4) is 0 Å². The molecule has 0 aromatic heterocycles. The van der Waals surface area contributed by atoms with Gasteiger partial charge in [-0.25, -0.2) is 0 Å². The Morgan fingerprint density at radius 1 is 1.75 bits per heavy atom. The van der Waals surface area contributed by atoms with Crippen LogP contribution < -0.4 is 0 Å². The first kappa shape index (κ1) is 15.3. The van der Waals surface area contributed by atoms with E-state index in [1.807, 2.05) is 6.92 Å². The predicted molar refractivity (Wildman–Crippen MR) is 74.8 cm³/mol. The Morgan fingerprint density at radius 3 is 2.75 bits per heavy atom. The number of ether oxygens (including phenoxy) is 1. The molecule has 0 saturated carbocycles. The molecule has 0 aromatic rings. The average molecular weight is 397 g/mol. The van der Waals surface area contributed by atoms with Gasteiger partial charge in [-0.2, -0.15) is 0 Å². The fourth-order valence-electron chi connectivity index (χ4n) is 1.63. The van der Waals surface area contributed by atoms with Gasteiger partial charge in [-0.1, -0.05) is 43.5 Å². The molecule has 0 spiro atoms. The Balaban J connectivity index is 2.90. The summed E-state index contributed by atoms with van der Waals surface area (Å²) in [7, 11) is 0. The first-order chi connectivity index (χ1) is 7.28. The van der Waals surface area contributed by atoms with Crippen molar-refractivity contribution >= 4 is 55.1 Å². The third-order valence-corrected chi connectivity index (χ3v) is 5.84. The maximum Gasteiger partial charge on any atom is 0.128 e. The number of halogens is 4. The van der Waals surface area contributed by atoms with Gasteiger partial charge >= 0.3 is 0 Å². The fraction of sp³-hybridized carbons (Fsp3) is 0.800. The zero-order chi connectivity index (χ0) is 12.6. The van der Waals surface area contributed by atoms with Crippen molar-refractivity contribution in [1.29, 1.82) is 0 Å². The Labute approximate surface area is 123 Å². The number of hydrogen-bond donors (Lipinski definition) is 1. The van der Waals surface area contributed by atoms with Crippen molar-refractivity contribution < 1.29 is 9.84 Å². The molecule has 0 radical (unpaired) electrons. The highest BCUT2D eigenvalue weighted by atomic mass is 79.9. The van der Waals surface area contributed by atoms with Crippen molar-refractivity contribution in [2.24, 2.45) is 0 Å². The second-order valence-corrected chi connectivity index (χ2v) is 7.28. The molecule has 16 heavy (non-hydrogen) atoms. The normalized spacial score (nSPS) is 39.8. The molecule has 1 saturated heterocycles. The van der Waals surface area contributed by atoms with Gasteiger partial charge in [-0.05, 0) is 18.8 Å². The maximum absolute atomic E-state index is 10.0. The topological polar surface area (TPSA) is 29.5 Å². The molecule has 94 valence electrons. The van der Waals surface area contributed by atoms with Gasteiger partial charge < -0.3 is 9.84 Å². The molecule has 1 rings (SSSR count). The van der Waals surface area contributed by atoms with E-state index in [1.54, 1.807) is 11.9 Å². The van der Waals surface area contributed by atoms with Crippen LogP contribution in [0.3, 0.4) is 0 Å². The van der Waals surface area contributed by atoms with Gasteiger partial charge in [-0.3, -0.25) is 0 Å². The van der Waals surface area contributed by atoms with Crippen LogP contribution in [0, 0.1) is 0 Å². The lowest BCUT2D eigenvalue weighted by Gasteiger charge is -2.31. The number of aliphatic hydroxyl groups is 1. The monoisotopic (exact) mass is 394 g/mol. The summed E-state index contributed by atoms with van der Waals surface area (Å²) >= 11 is 18.6. The number of rotatable bonds is 3.